The van der Waals surface area contributed by atoms with Crippen molar-refractivity contribution < 1.29 is 14.3 Å². The molecule has 4 rings (SSSR count). The number of carbonyl (C=O) groups is 1. The summed E-state index contributed by atoms with van der Waals surface area (Å²) in [5.74, 6) is 1.09. The van der Waals surface area contributed by atoms with Gasteiger partial charge in [0.05, 0.1) is 17.8 Å². The number of hydrogen-bond donors (Lipinski definition) is 0. The largest absolute Gasteiger partial charge is 0.461 e. The van der Waals surface area contributed by atoms with Crippen molar-refractivity contribution in [2.45, 2.75) is 6.92 Å². The first-order valence-corrected chi connectivity index (χ1v) is 8.74. The number of benzene rings is 3. The van der Waals surface area contributed by atoms with Gasteiger partial charge in [-0.15, -0.1) is 0 Å². The second-order valence-electron chi connectivity index (χ2n) is 5.91. The van der Waals surface area contributed by atoms with E-state index in [1.54, 1.807) is 11.6 Å². The molecule has 0 amide bonds. The minimum Gasteiger partial charge on any atom is -0.461 e. The van der Waals surface area contributed by atoms with Crippen molar-refractivity contribution >= 4 is 16.9 Å². The second kappa shape index (κ2) is 7.33. The van der Waals surface area contributed by atoms with Crippen molar-refractivity contribution in [1.29, 1.82) is 0 Å². The maximum Gasteiger partial charge on any atom is 0.359 e. The quantitative estimate of drug-likeness (QED) is 0.471. The van der Waals surface area contributed by atoms with Crippen LogP contribution in [0.4, 0.5) is 0 Å². The van der Waals surface area contributed by atoms with E-state index in [0.717, 1.165) is 28.1 Å². The zero-order chi connectivity index (χ0) is 18.6. The summed E-state index contributed by atoms with van der Waals surface area (Å²) in [6.07, 6.45) is 0. The van der Waals surface area contributed by atoms with Crippen LogP contribution in [0.15, 0.2) is 78.9 Å². The number of carbonyl (C=O) groups excluding carboxylic acids is 1. The van der Waals surface area contributed by atoms with Gasteiger partial charge in [0.2, 0.25) is 0 Å². The molecule has 0 radical (unpaired) electrons. The lowest BCUT2D eigenvalue weighted by molar-refractivity contribution is 0.0521. The molecule has 4 aromatic rings. The first kappa shape index (κ1) is 16.8. The number of esters is 1. The summed E-state index contributed by atoms with van der Waals surface area (Å²) in [6, 6.07) is 24.8. The van der Waals surface area contributed by atoms with Crippen LogP contribution in [-0.2, 0) is 4.74 Å². The molecule has 0 N–H and O–H groups in total. The van der Waals surface area contributed by atoms with Gasteiger partial charge in [-0.3, -0.25) is 0 Å². The Morgan fingerprint density at radius 1 is 0.889 bits per heavy atom. The van der Waals surface area contributed by atoms with Crippen LogP contribution in [0.3, 0.4) is 0 Å². The highest BCUT2D eigenvalue weighted by molar-refractivity contribution is 6.02. The van der Waals surface area contributed by atoms with Crippen molar-refractivity contribution in [2.75, 3.05) is 6.61 Å². The number of ether oxygens (including phenoxy) is 2. The average molecular weight is 358 g/mol. The second-order valence-corrected chi connectivity index (χ2v) is 5.91. The molecule has 1 aromatic heterocycles. The van der Waals surface area contributed by atoms with Gasteiger partial charge in [0.25, 0.3) is 0 Å². The lowest BCUT2D eigenvalue weighted by atomic mass is 10.2. The number of aromatic nitrogens is 2. The zero-order valence-electron chi connectivity index (χ0n) is 14.8. The summed E-state index contributed by atoms with van der Waals surface area (Å²) in [6.45, 7) is 2.09. The summed E-state index contributed by atoms with van der Waals surface area (Å²) in [5.41, 5.74) is 2.00. The fourth-order valence-electron chi connectivity index (χ4n) is 2.89. The highest BCUT2D eigenvalue weighted by Gasteiger charge is 2.18. The molecule has 3 aromatic carbocycles. The van der Waals surface area contributed by atoms with Crippen LogP contribution in [0.25, 0.3) is 16.6 Å². The lowest BCUT2D eigenvalue weighted by Crippen LogP contribution is -2.07. The average Bonchev–Trinajstić information content (AvgIpc) is 3.09. The zero-order valence-corrected chi connectivity index (χ0v) is 14.8. The highest BCUT2D eigenvalue weighted by Crippen LogP contribution is 2.26. The van der Waals surface area contributed by atoms with Crippen LogP contribution in [0, 0.1) is 0 Å². The van der Waals surface area contributed by atoms with E-state index in [0.29, 0.717) is 12.3 Å². The van der Waals surface area contributed by atoms with Crippen molar-refractivity contribution in [2.24, 2.45) is 0 Å². The normalized spacial score (nSPS) is 10.7. The Hall–Kier alpha value is -3.60. The monoisotopic (exact) mass is 358 g/mol. The topological polar surface area (TPSA) is 53.3 Å². The van der Waals surface area contributed by atoms with Gasteiger partial charge in [-0.1, -0.05) is 36.4 Å². The summed E-state index contributed by atoms with van der Waals surface area (Å²) in [4.78, 5) is 12.2. The Morgan fingerprint density at radius 3 is 2.30 bits per heavy atom. The van der Waals surface area contributed by atoms with E-state index in [4.69, 9.17) is 9.47 Å². The Bertz CT molecular complexity index is 1070. The summed E-state index contributed by atoms with van der Waals surface area (Å²) in [5, 5.41) is 5.26. The van der Waals surface area contributed by atoms with Gasteiger partial charge >= 0.3 is 5.97 Å². The fraction of sp³-hybridized carbons (Fsp3) is 0.0909. The first-order valence-electron chi connectivity index (χ1n) is 8.74. The highest BCUT2D eigenvalue weighted by atomic mass is 16.5. The number of para-hydroxylation sites is 2. The van der Waals surface area contributed by atoms with Crippen molar-refractivity contribution in [1.82, 2.24) is 9.78 Å². The Morgan fingerprint density at radius 2 is 1.56 bits per heavy atom. The molecule has 5 nitrogen and oxygen atoms in total. The molecule has 27 heavy (non-hydrogen) atoms. The van der Waals surface area contributed by atoms with Gasteiger partial charge in [-0.05, 0) is 49.4 Å². The van der Waals surface area contributed by atoms with Gasteiger partial charge < -0.3 is 9.47 Å². The Labute approximate surface area is 156 Å². The molecular weight excluding hydrogens is 340 g/mol. The van der Waals surface area contributed by atoms with E-state index in [9.17, 15) is 4.79 Å². The molecule has 5 heteroatoms. The summed E-state index contributed by atoms with van der Waals surface area (Å²) < 4.78 is 12.7. The molecule has 0 spiro atoms. The smallest absolute Gasteiger partial charge is 0.359 e. The third-order valence-electron chi connectivity index (χ3n) is 4.12. The van der Waals surface area contributed by atoms with Crippen molar-refractivity contribution in [3.63, 3.8) is 0 Å². The molecule has 0 aliphatic heterocycles. The van der Waals surface area contributed by atoms with Gasteiger partial charge in [-0.25, -0.2) is 9.48 Å². The minimum absolute atomic E-state index is 0.311. The van der Waals surface area contributed by atoms with Crippen molar-refractivity contribution in [3.8, 4) is 17.2 Å². The predicted octanol–water partition coefficient (Wildman–Crippen LogP) is 4.99. The molecule has 0 saturated carbocycles. The van der Waals surface area contributed by atoms with E-state index >= 15 is 0 Å². The summed E-state index contributed by atoms with van der Waals surface area (Å²) >= 11 is 0. The third kappa shape index (κ3) is 3.40. The molecule has 0 saturated heterocycles. The van der Waals surface area contributed by atoms with Crippen LogP contribution < -0.4 is 4.74 Å². The number of hydrogen-bond acceptors (Lipinski definition) is 4. The van der Waals surface area contributed by atoms with Crippen LogP contribution in [0.2, 0.25) is 0 Å². The minimum atomic E-state index is -0.420. The van der Waals surface area contributed by atoms with Crippen molar-refractivity contribution in [3.05, 3.63) is 84.6 Å². The van der Waals surface area contributed by atoms with Gasteiger partial charge in [0.15, 0.2) is 5.69 Å². The first-order chi connectivity index (χ1) is 13.3. The number of fused-ring (bicyclic) bond motifs is 1. The SMILES string of the molecule is CCOC(=O)c1nn(-c2ccc(Oc3ccccc3)cc2)c2ccccc12. The Kier molecular flexibility index (Phi) is 4.58. The van der Waals surface area contributed by atoms with Crippen LogP contribution in [0.1, 0.15) is 17.4 Å². The molecule has 0 bridgehead atoms. The van der Waals surface area contributed by atoms with Crippen LogP contribution in [-0.4, -0.2) is 22.4 Å². The molecule has 0 aliphatic carbocycles. The van der Waals surface area contributed by atoms with E-state index in [1.807, 2.05) is 78.9 Å². The van der Waals surface area contributed by atoms with E-state index in [2.05, 4.69) is 5.10 Å². The Balaban J connectivity index is 1.69. The fourth-order valence-corrected chi connectivity index (χ4v) is 2.89. The van der Waals surface area contributed by atoms with E-state index < -0.39 is 5.97 Å². The molecule has 0 unspecified atom stereocenters. The number of nitrogens with zero attached hydrogens (tertiary/aromatic N) is 2. The number of rotatable bonds is 5. The van der Waals surface area contributed by atoms with Gasteiger partial charge in [0, 0.05) is 5.39 Å². The molecular formula is C22H18N2O3. The molecule has 0 fully saturated rings. The predicted molar refractivity (Wildman–Crippen MR) is 104 cm³/mol. The molecule has 1 heterocycles. The molecule has 134 valence electrons. The van der Waals surface area contributed by atoms with Crippen LogP contribution >= 0.6 is 0 Å². The van der Waals surface area contributed by atoms with Gasteiger partial charge in [-0.2, -0.15) is 5.10 Å². The van der Waals surface area contributed by atoms with Crippen LogP contribution in [0.5, 0.6) is 11.5 Å². The molecule has 0 atom stereocenters. The summed E-state index contributed by atoms with van der Waals surface area (Å²) in [7, 11) is 0. The maximum absolute atomic E-state index is 12.2. The third-order valence-corrected chi connectivity index (χ3v) is 4.12. The molecule has 0 aliphatic rings. The van der Waals surface area contributed by atoms with E-state index in [-0.39, 0.29) is 0 Å². The van der Waals surface area contributed by atoms with E-state index in [1.165, 1.54) is 0 Å². The van der Waals surface area contributed by atoms with Gasteiger partial charge in [0.1, 0.15) is 11.5 Å². The lowest BCUT2D eigenvalue weighted by Gasteiger charge is -2.07. The maximum atomic E-state index is 12.2. The standard InChI is InChI=1S/C22H18N2O3/c1-2-26-22(25)21-19-10-6-7-11-20(19)24(23-21)16-12-14-18(15-13-16)27-17-8-4-3-5-9-17/h3-15H,2H2,1H3.